The van der Waals surface area contributed by atoms with Gasteiger partial charge in [-0.2, -0.15) is 10.2 Å². The number of rotatable bonds is 4. The van der Waals surface area contributed by atoms with Gasteiger partial charge in [-0.3, -0.25) is 0 Å². The second-order valence-corrected chi connectivity index (χ2v) is 4.73. The van der Waals surface area contributed by atoms with E-state index in [4.69, 9.17) is 11.6 Å². The van der Waals surface area contributed by atoms with Crippen LogP contribution < -0.4 is 5.32 Å². The van der Waals surface area contributed by atoms with E-state index in [1.165, 1.54) is 0 Å². The molecule has 1 aromatic carbocycles. The Morgan fingerprint density at radius 2 is 2.06 bits per heavy atom. The van der Waals surface area contributed by atoms with Crippen molar-refractivity contribution in [2.24, 2.45) is 5.92 Å². The Morgan fingerprint density at radius 3 is 2.76 bits per heavy atom. The average Bonchev–Trinajstić information content (AvgIpc) is 2.35. The molecule has 1 aromatic heterocycles. The summed E-state index contributed by atoms with van der Waals surface area (Å²) in [5.41, 5.74) is 1.89. The first-order valence-electron chi connectivity index (χ1n) is 5.75. The number of hydrogen-bond donors (Lipinski definition) is 1. The van der Waals surface area contributed by atoms with Crippen LogP contribution in [0.1, 0.15) is 13.8 Å². The quantitative estimate of drug-likeness (QED) is 0.845. The molecule has 0 aliphatic carbocycles. The third kappa shape index (κ3) is 2.67. The molecule has 2 aromatic rings. The molecule has 0 fully saturated rings. The van der Waals surface area contributed by atoms with Gasteiger partial charge < -0.3 is 5.32 Å². The van der Waals surface area contributed by atoms with Crippen molar-refractivity contribution in [2.75, 3.05) is 11.2 Å². The van der Waals surface area contributed by atoms with Crippen LogP contribution >= 0.6 is 11.6 Å². The number of alkyl halides is 1. The lowest BCUT2D eigenvalue weighted by Crippen LogP contribution is -2.27. The summed E-state index contributed by atoms with van der Waals surface area (Å²) in [5.74, 6) is 1.05. The Hall–Kier alpha value is -1.35. The Balaban J connectivity index is 2.35. The van der Waals surface area contributed by atoms with E-state index >= 15 is 0 Å². The summed E-state index contributed by atoms with van der Waals surface area (Å²) in [6.07, 6.45) is 1.75. The molecule has 2 rings (SSSR count). The first kappa shape index (κ1) is 12.1. The predicted octanol–water partition coefficient (Wildman–Crippen LogP) is 3.31. The molecule has 0 spiro atoms. The van der Waals surface area contributed by atoms with Crippen molar-refractivity contribution in [1.82, 2.24) is 10.2 Å². The SMILES string of the molecule is CC(C)C(CCl)Nc1cnnc2ccccc12. The zero-order chi connectivity index (χ0) is 12.3. The summed E-state index contributed by atoms with van der Waals surface area (Å²) in [6, 6.07) is 8.20. The van der Waals surface area contributed by atoms with Gasteiger partial charge in [0.05, 0.1) is 17.4 Å². The van der Waals surface area contributed by atoms with E-state index in [1.807, 2.05) is 24.3 Å². The third-order valence-corrected chi connectivity index (χ3v) is 3.19. The molecule has 0 bridgehead atoms. The highest BCUT2D eigenvalue weighted by Gasteiger charge is 2.13. The molecule has 1 unspecified atom stereocenters. The van der Waals surface area contributed by atoms with Crippen molar-refractivity contribution in [3.63, 3.8) is 0 Å². The summed E-state index contributed by atoms with van der Waals surface area (Å²) >= 11 is 5.97. The average molecular weight is 250 g/mol. The molecular formula is C13H16ClN3. The molecule has 0 radical (unpaired) electrons. The Labute approximate surface area is 106 Å². The smallest absolute Gasteiger partial charge is 0.0950 e. The number of anilines is 1. The lowest BCUT2D eigenvalue weighted by atomic mass is 10.1. The van der Waals surface area contributed by atoms with Crippen LogP contribution in [0.15, 0.2) is 30.5 Å². The molecule has 3 nitrogen and oxygen atoms in total. The van der Waals surface area contributed by atoms with E-state index < -0.39 is 0 Å². The third-order valence-electron chi connectivity index (χ3n) is 2.86. The number of nitrogens with zero attached hydrogens (tertiary/aromatic N) is 2. The Kier molecular flexibility index (Phi) is 3.79. The Morgan fingerprint density at radius 1 is 1.29 bits per heavy atom. The van der Waals surface area contributed by atoms with Crippen molar-refractivity contribution in [1.29, 1.82) is 0 Å². The normalized spacial score (nSPS) is 12.9. The van der Waals surface area contributed by atoms with Crippen LogP contribution in [0.4, 0.5) is 5.69 Å². The molecule has 4 heteroatoms. The molecule has 17 heavy (non-hydrogen) atoms. The van der Waals surface area contributed by atoms with Gasteiger partial charge in [0.25, 0.3) is 0 Å². The lowest BCUT2D eigenvalue weighted by Gasteiger charge is -2.21. The minimum atomic E-state index is 0.240. The number of halogens is 1. The van der Waals surface area contributed by atoms with Crippen LogP contribution in [0.2, 0.25) is 0 Å². The molecule has 0 aliphatic heterocycles. The maximum absolute atomic E-state index is 5.97. The first-order valence-corrected chi connectivity index (χ1v) is 6.28. The number of nitrogens with one attached hydrogen (secondary N) is 1. The molecule has 0 aliphatic rings. The van der Waals surface area contributed by atoms with Gasteiger partial charge >= 0.3 is 0 Å². The fourth-order valence-corrected chi connectivity index (χ4v) is 2.14. The molecule has 90 valence electrons. The van der Waals surface area contributed by atoms with E-state index in [9.17, 15) is 0 Å². The fraction of sp³-hybridized carbons (Fsp3) is 0.385. The Bertz CT molecular complexity index is 493. The van der Waals surface area contributed by atoms with Crippen LogP contribution in [0.25, 0.3) is 10.9 Å². The minimum Gasteiger partial charge on any atom is -0.379 e. The summed E-state index contributed by atoms with van der Waals surface area (Å²) in [6.45, 7) is 4.30. The van der Waals surface area contributed by atoms with Gasteiger partial charge in [-0.1, -0.05) is 32.0 Å². The van der Waals surface area contributed by atoms with Gasteiger partial charge in [0.1, 0.15) is 0 Å². The summed E-state index contributed by atoms with van der Waals surface area (Å²) < 4.78 is 0. The summed E-state index contributed by atoms with van der Waals surface area (Å²) in [4.78, 5) is 0. The van der Waals surface area contributed by atoms with Gasteiger partial charge in [-0.25, -0.2) is 0 Å². The molecule has 1 atom stereocenters. The van der Waals surface area contributed by atoms with Gasteiger partial charge in [0, 0.05) is 17.3 Å². The number of benzene rings is 1. The van der Waals surface area contributed by atoms with Crippen LogP contribution in [0, 0.1) is 5.92 Å². The highest BCUT2D eigenvalue weighted by molar-refractivity contribution is 6.18. The van der Waals surface area contributed by atoms with Crippen LogP contribution in [-0.2, 0) is 0 Å². The van der Waals surface area contributed by atoms with Crippen molar-refractivity contribution in [3.8, 4) is 0 Å². The fourth-order valence-electron chi connectivity index (χ4n) is 1.71. The zero-order valence-corrected chi connectivity index (χ0v) is 10.8. The second kappa shape index (κ2) is 5.32. The second-order valence-electron chi connectivity index (χ2n) is 4.42. The van der Waals surface area contributed by atoms with Crippen LogP contribution in [0.3, 0.4) is 0 Å². The maximum Gasteiger partial charge on any atom is 0.0950 e. The molecule has 0 amide bonds. The summed E-state index contributed by atoms with van der Waals surface area (Å²) in [7, 11) is 0. The first-order chi connectivity index (χ1) is 8.22. The van der Waals surface area contributed by atoms with E-state index in [2.05, 4.69) is 29.4 Å². The van der Waals surface area contributed by atoms with E-state index in [-0.39, 0.29) is 6.04 Å². The zero-order valence-electron chi connectivity index (χ0n) is 10.0. The molecule has 1 heterocycles. The highest BCUT2D eigenvalue weighted by atomic mass is 35.5. The topological polar surface area (TPSA) is 37.8 Å². The monoisotopic (exact) mass is 249 g/mol. The maximum atomic E-state index is 5.97. The van der Waals surface area contributed by atoms with E-state index in [1.54, 1.807) is 6.20 Å². The molecular weight excluding hydrogens is 234 g/mol. The van der Waals surface area contributed by atoms with Gasteiger partial charge in [0.15, 0.2) is 0 Å². The largest absolute Gasteiger partial charge is 0.379 e. The van der Waals surface area contributed by atoms with Crippen molar-refractivity contribution >= 4 is 28.2 Å². The predicted molar refractivity (Wildman–Crippen MR) is 72.5 cm³/mol. The van der Waals surface area contributed by atoms with Crippen LogP contribution in [-0.4, -0.2) is 22.1 Å². The van der Waals surface area contributed by atoms with Crippen molar-refractivity contribution < 1.29 is 0 Å². The van der Waals surface area contributed by atoms with E-state index in [0.717, 1.165) is 16.6 Å². The number of hydrogen-bond acceptors (Lipinski definition) is 3. The van der Waals surface area contributed by atoms with Gasteiger partial charge in [0.2, 0.25) is 0 Å². The van der Waals surface area contributed by atoms with Gasteiger partial charge in [-0.05, 0) is 12.0 Å². The number of fused-ring (bicyclic) bond motifs is 1. The standard InChI is InChI=1S/C13H16ClN3/c1-9(2)12(7-14)16-13-8-15-17-11-6-4-3-5-10(11)13/h3-6,8-9,12H,7H2,1-2H3,(H,16,17). The van der Waals surface area contributed by atoms with Crippen LogP contribution in [0.5, 0.6) is 0 Å². The number of aromatic nitrogens is 2. The summed E-state index contributed by atoms with van der Waals surface area (Å²) in [5, 5.41) is 12.6. The minimum absolute atomic E-state index is 0.240. The van der Waals surface area contributed by atoms with Crippen molar-refractivity contribution in [2.45, 2.75) is 19.9 Å². The molecule has 0 saturated carbocycles. The molecule has 0 saturated heterocycles. The highest BCUT2D eigenvalue weighted by Crippen LogP contribution is 2.22. The van der Waals surface area contributed by atoms with Crippen molar-refractivity contribution in [3.05, 3.63) is 30.5 Å². The van der Waals surface area contributed by atoms with Gasteiger partial charge in [-0.15, -0.1) is 11.6 Å². The lowest BCUT2D eigenvalue weighted by molar-refractivity contribution is 0.564. The van der Waals surface area contributed by atoms with E-state index in [0.29, 0.717) is 11.8 Å². The molecule has 1 N–H and O–H groups in total.